The molecule has 2 aromatic rings. The van der Waals surface area contributed by atoms with Gasteiger partial charge >= 0.3 is 5.76 Å². The van der Waals surface area contributed by atoms with E-state index in [4.69, 9.17) is 10.3 Å². The Morgan fingerprint density at radius 1 is 1.50 bits per heavy atom. The number of oxazole rings is 1. The van der Waals surface area contributed by atoms with Gasteiger partial charge in [-0.2, -0.15) is 5.10 Å². The minimum atomic E-state index is -0.341. The molecule has 0 aliphatic carbocycles. The Hall–Kier alpha value is -2.04. The fourth-order valence-corrected chi connectivity index (χ4v) is 1.71. The highest BCUT2D eigenvalue weighted by atomic mass is 16.4. The van der Waals surface area contributed by atoms with Crippen LogP contribution in [0.2, 0.25) is 0 Å². The molecule has 0 aliphatic rings. The molecule has 0 atom stereocenters. The molecule has 5 heteroatoms. The highest BCUT2D eigenvalue weighted by molar-refractivity contribution is 5.86. The van der Waals surface area contributed by atoms with Crippen molar-refractivity contribution in [3.05, 3.63) is 34.3 Å². The maximum Gasteiger partial charge on any atom is 0.420 e. The summed E-state index contributed by atoms with van der Waals surface area (Å²) in [6.07, 6.45) is 1.51. The van der Waals surface area contributed by atoms with Gasteiger partial charge in [0.25, 0.3) is 0 Å². The van der Waals surface area contributed by atoms with Crippen molar-refractivity contribution < 1.29 is 4.42 Å². The van der Waals surface area contributed by atoms with Gasteiger partial charge in [0.1, 0.15) is 0 Å². The molecular formula is C11H13N3O2. The molecule has 1 aromatic carbocycles. The van der Waals surface area contributed by atoms with E-state index in [2.05, 4.69) is 5.10 Å². The lowest BCUT2D eigenvalue weighted by Crippen LogP contribution is -2.15. The molecule has 0 saturated carbocycles. The number of nitrogens with zero attached hydrogens (tertiary/aromatic N) is 2. The highest BCUT2D eigenvalue weighted by Gasteiger charge is 2.11. The molecule has 1 heterocycles. The summed E-state index contributed by atoms with van der Waals surface area (Å²) < 4.78 is 6.76. The summed E-state index contributed by atoms with van der Waals surface area (Å²) in [5.74, 6) is 4.72. The molecule has 0 unspecified atom stereocenters. The fourth-order valence-electron chi connectivity index (χ4n) is 1.71. The van der Waals surface area contributed by atoms with Gasteiger partial charge in [0, 0.05) is 6.04 Å². The Kier molecular flexibility index (Phi) is 2.52. The zero-order valence-corrected chi connectivity index (χ0v) is 9.18. The van der Waals surface area contributed by atoms with E-state index in [9.17, 15) is 4.79 Å². The number of benzene rings is 1. The van der Waals surface area contributed by atoms with Crippen LogP contribution < -0.4 is 11.6 Å². The van der Waals surface area contributed by atoms with E-state index >= 15 is 0 Å². The number of hydrazone groups is 1. The van der Waals surface area contributed by atoms with Crippen molar-refractivity contribution >= 4 is 17.3 Å². The molecule has 16 heavy (non-hydrogen) atoms. The Labute approximate surface area is 92.2 Å². The van der Waals surface area contributed by atoms with Crippen LogP contribution in [0.4, 0.5) is 0 Å². The first-order valence-electron chi connectivity index (χ1n) is 5.02. The Bertz CT molecular complexity index is 593. The molecule has 84 valence electrons. The lowest BCUT2D eigenvalue weighted by molar-refractivity contribution is 0.478. The Morgan fingerprint density at radius 2 is 2.25 bits per heavy atom. The molecule has 0 amide bonds. The van der Waals surface area contributed by atoms with E-state index < -0.39 is 0 Å². The van der Waals surface area contributed by atoms with Gasteiger partial charge in [-0.25, -0.2) is 4.79 Å². The molecule has 0 saturated heterocycles. The van der Waals surface area contributed by atoms with E-state index in [1.165, 1.54) is 6.21 Å². The second kappa shape index (κ2) is 3.84. The number of fused-ring (bicyclic) bond motifs is 1. The predicted octanol–water partition coefficient (Wildman–Crippen LogP) is 1.47. The summed E-state index contributed by atoms with van der Waals surface area (Å²) in [6.45, 7) is 3.87. The SMILES string of the molecule is CC(C)n1c(=O)oc2cc(C=NN)ccc21. The maximum absolute atomic E-state index is 11.6. The molecule has 0 radical (unpaired) electrons. The van der Waals surface area contributed by atoms with Crippen LogP contribution in [0.15, 0.2) is 32.5 Å². The third-order valence-corrected chi connectivity index (χ3v) is 2.38. The summed E-state index contributed by atoms with van der Waals surface area (Å²) in [7, 11) is 0. The fraction of sp³-hybridized carbons (Fsp3) is 0.273. The lowest BCUT2D eigenvalue weighted by Gasteiger charge is -2.04. The van der Waals surface area contributed by atoms with E-state index in [1.54, 1.807) is 10.6 Å². The summed E-state index contributed by atoms with van der Waals surface area (Å²) in [5, 5.41) is 3.43. The first kappa shape index (κ1) is 10.5. The van der Waals surface area contributed by atoms with Crippen molar-refractivity contribution in [3.63, 3.8) is 0 Å². The topological polar surface area (TPSA) is 73.5 Å². The summed E-state index contributed by atoms with van der Waals surface area (Å²) in [4.78, 5) is 11.6. The van der Waals surface area contributed by atoms with Crippen molar-refractivity contribution in [3.8, 4) is 0 Å². The molecule has 0 aliphatic heterocycles. The normalized spacial score (nSPS) is 11.9. The average molecular weight is 219 g/mol. The number of hydrogen-bond acceptors (Lipinski definition) is 4. The van der Waals surface area contributed by atoms with Gasteiger partial charge < -0.3 is 10.3 Å². The second-order valence-corrected chi connectivity index (χ2v) is 3.84. The molecule has 5 nitrogen and oxygen atoms in total. The first-order valence-corrected chi connectivity index (χ1v) is 5.02. The highest BCUT2D eigenvalue weighted by Crippen LogP contribution is 2.17. The molecule has 2 rings (SSSR count). The number of aromatic nitrogens is 1. The van der Waals surface area contributed by atoms with Gasteiger partial charge in [-0.15, -0.1) is 0 Å². The van der Waals surface area contributed by atoms with Crippen molar-refractivity contribution in [1.29, 1.82) is 0 Å². The van der Waals surface area contributed by atoms with Crippen LogP contribution in [-0.4, -0.2) is 10.8 Å². The summed E-state index contributed by atoms with van der Waals surface area (Å²) >= 11 is 0. The van der Waals surface area contributed by atoms with Gasteiger partial charge in [-0.3, -0.25) is 4.57 Å². The van der Waals surface area contributed by atoms with Crippen molar-refractivity contribution in [2.45, 2.75) is 19.9 Å². The van der Waals surface area contributed by atoms with Crippen molar-refractivity contribution in [2.75, 3.05) is 0 Å². The lowest BCUT2D eigenvalue weighted by atomic mass is 10.2. The smallest absolute Gasteiger partial charge is 0.408 e. The van der Waals surface area contributed by atoms with Crippen LogP contribution in [0.3, 0.4) is 0 Å². The average Bonchev–Trinajstić information content (AvgIpc) is 2.53. The molecule has 0 bridgehead atoms. The minimum Gasteiger partial charge on any atom is -0.408 e. The van der Waals surface area contributed by atoms with E-state index in [-0.39, 0.29) is 11.8 Å². The van der Waals surface area contributed by atoms with Gasteiger partial charge in [-0.05, 0) is 31.5 Å². The van der Waals surface area contributed by atoms with E-state index in [1.807, 2.05) is 26.0 Å². The Balaban J connectivity index is 2.70. The zero-order chi connectivity index (χ0) is 11.7. The monoisotopic (exact) mass is 219 g/mol. The molecular weight excluding hydrogens is 206 g/mol. The second-order valence-electron chi connectivity index (χ2n) is 3.84. The van der Waals surface area contributed by atoms with Crippen LogP contribution >= 0.6 is 0 Å². The van der Waals surface area contributed by atoms with Gasteiger partial charge in [0.2, 0.25) is 0 Å². The van der Waals surface area contributed by atoms with Crippen LogP contribution in [-0.2, 0) is 0 Å². The standard InChI is InChI=1S/C11H13N3O2/c1-7(2)14-9-4-3-8(6-13-12)5-10(9)16-11(14)15/h3-7H,12H2,1-2H3. The largest absolute Gasteiger partial charge is 0.420 e. The van der Waals surface area contributed by atoms with E-state index in [0.29, 0.717) is 5.58 Å². The van der Waals surface area contributed by atoms with E-state index in [0.717, 1.165) is 11.1 Å². The third kappa shape index (κ3) is 1.60. The maximum atomic E-state index is 11.6. The Morgan fingerprint density at radius 3 is 2.88 bits per heavy atom. The molecule has 1 aromatic heterocycles. The zero-order valence-electron chi connectivity index (χ0n) is 9.18. The third-order valence-electron chi connectivity index (χ3n) is 2.38. The minimum absolute atomic E-state index is 0.0720. The van der Waals surface area contributed by atoms with Crippen LogP contribution in [0.1, 0.15) is 25.5 Å². The summed E-state index contributed by atoms with van der Waals surface area (Å²) in [5.41, 5.74) is 2.14. The molecule has 0 fully saturated rings. The number of nitrogens with two attached hydrogens (primary N) is 1. The van der Waals surface area contributed by atoms with Crippen LogP contribution in [0.5, 0.6) is 0 Å². The predicted molar refractivity (Wildman–Crippen MR) is 62.6 cm³/mol. The van der Waals surface area contributed by atoms with Crippen LogP contribution in [0, 0.1) is 0 Å². The van der Waals surface area contributed by atoms with Gasteiger partial charge in [0.05, 0.1) is 11.7 Å². The first-order chi connectivity index (χ1) is 7.63. The quantitative estimate of drug-likeness (QED) is 0.472. The molecule has 0 spiro atoms. The van der Waals surface area contributed by atoms with Gasteiger partial charge in [-0.1, -0.05) is 6.07 Å². The molecule has 2 N–H and O–H groups in total. The number of rotatable bonds is 2. The van der Waals surface area contributed by atoms with Crippen molar-refractivity contribution in [1.82, 2.24) is 4.57 Å². The summed E-state index contributed by atoms with van der Waals surface area (Å²) in [6, 6.07) is 5.48. The van der Waals surface area contributed by atoms with Crippen LogP contribution in [0.25, 0.3) is 11.1 Å². The van der Waals surface area contributed by atoms with Crippen molar-refractivity contribution in [2.24, 2.45) is 10.9 Å². The number of hydrogen-bond donors (Lipinski definition) is 1. The van der Waals surface area contributed by atoms with Gasteiger partial charge in [0.15, 0.2) is 5.58 Å².